The molecule has 8 heavy (non-hydrogen) atoms. The van der Waals surface area contributed by atoms with Crippen molar-refractivity contribution in [1.82, 2.24) is 0 Å². The Bertz CT molecular complexity index is 92.0. The normalized spacial score (nSPS) is 7.00. The van der Waals surface area contributed by atoms with Crippen LogP contribution in [0.1, 0.15) is 7.85 Å². The Morgan fingerprint density at radius 3 is 1.50 bits per heavy atom. The van der Waals surface area contributed by atoms with Crippen molar-refractivity contribution in [3.63, 3.8) is 0 Å². The van der Waals surface area contributed by atoms with E-state index in [1.54, 1.807) is 0 Å². The first-order chi connectivity index (χ1) is 3.13. The molecule has 0 aliphatic heterocycles. The van der Waals surface area contributed by atoms with Crippen molar-refractivity contribution in [2.45, 2.75) is 6.42 Å². The minimum absolute atomic E-state index is 0. The first-order valence-electron chi connectivity index (χ1n) is 1.56. The van der Waals surface area contributed by atoms with Crippen molar-refractivity contribution in [1.29, 1.82) is 0 Å². The first kappa shape index (κ1) is 11.5. The summed E-state index contributed by atoms with van der Waals surface area (Å²) >= 11 is 0. The smallest absolute Gasteiger partial charge is 1.00 e. The molecule has 0 fully saturated rings. The molecular weight excluding hydrogens is 185 g/mol. The Labute approximate surface area is 96.2 Å². The second kappa shape index (κ2) is 5.87. The number of hydrogen-bond acceptors (Lipinski definition) is 2. The molecule has 0 radical (unpaired) electrons. The molecule has 0 aliphatic carbocycles. The van der Waals surface area contributed by atoms with Gasteiger partial charge in [0.15, 0.2) is 0 Å². The summed E-state index contributed by atoms with van der Waals surface area (Å²) in [5, 5.41) is 15.4. The Morgan fingerprint density at radius 1 is 1.25 bits per heavy atom. The molecule has 4 nitrogen and oxygen atoms in total. The van der Waals surface area contributed by atoms with Crippen molar-refractivity contribution in [3.05, 3.63) is 0 Å². The third-order valence-corrected chi connectivity index (χ3v) is 0.302. The van der Waals surface area contributed by atoms with Crippen molar-refractivity contribution in [2.75, 3.05) is 0 Å². The maximum atomic E-state index is 9.43. The van der Waals surface area contributed by atoms with Gasteiger partial charge in [0.1, 0.15) is 6.42 Å². The topological polar surface area (TPSA) is 74.6 Å². The van der Waals surface area contributed by atoms with Gasteiger partial charge in [-0.2, -0.15) is 0 Å². The third-order valence-electron chi connectivity index (χ3n) is 0.302. The number of carboxylic acid groups (broad SMARTS) is 2. The van der Waals surface area contributed by atoms with Gasteiger partial charge in [0.05, 0.1) is 0 Å². The molecule has 0 aromatic carbocycles. The van der Waals surface area contributed by atoms with Crippen LogP contribution in [-0.2, 0) is 9.59 Å². The van der Waals surface area contributed by atoms with Crippen LogP contribution in [0, 0.1) is 0 Å². The average molecular weight is 191 g/mol. The van der Waals surface area contributed by atoms with Crippen LogP contribution in [0.4, 0.5) is 0 Å². The van der Waals surface area contributed by atoms with Gasteiger partial charge in [-0.3, -0.25) is 9.59 Å². The molecule has 0 heterocycles. The van der Waals surface area contributed by atoms with Crippen LogP contribution in [0.25, 0.3) is 0 Å². The molecule has 0 saturated heterocycles. The summed E-state index contributed by atoms with van der Waals surface area (Å²) < 4.78 is 0. The minimum atomic E-state index is -1.31. The van der Waals surface area contributed by atoms with Gasteiger partial charge in [0.25, 0.3) is 0 Å². The molecule has 0 aliphatic rings. The molecule has 0 saturated carbocycles. The molecule has 0 aromatic heterocycles. The summed E-state index contributed by atoms with van der Waals surface area (Å²) in [6.07, 6.45) is -0.806. The van der Waals surface area contributed by atoms with E-state index in [4.69, 9.17) is 10.2 Å². The summed E-state index contributed by atoms with van der Waals surface area (Å²) in [7, 11) is 0. The van der Waals surface area contributed by atoms with Crippen LogP contribution in [-0.4, -0.2) is 22.2 Å². The maximum Gasteiger partial charge on any atom is 1.00 e. The number of carbonyl (C=O) groups is 2. The zero-order valence-electron chi connectivity index (χ0n) is 5.42. The SMILES string of the molecule is O=C(O)CC(=O)O.[H-].[Rb+]. The van der Waals surface area contributed by atoms with E-state index in [0.717, 1.165) is 0 Å². The Balaban J connectivity index is -0.000000180. The van der Waals surface area contributed by atoms with E-state index in [2.05, 4.69) is 0 Å². The van der Waals surface area contributed by atoms with Crippen LogP contribution < -0.4 is 58.2 Å². The summed E-state index contributed by atoms with van der Waals surface area (Å²) in [5.41, 5.74) is 0. The van der Waals surface area contributed by atoms with Crippen LogP contribution in [0.5, 0.6) is 0 Å². The predicted molar refractivity (Wildman–Crippen MR) is 21.0 cm³/mol. The number of hydrogen-bond donors (Lipinski definition) is 2. The molecule has 0 atom stereocenters. The van der Waals surface area contributed by atoms with E-state index < -0.39 is 18.4 Å². The van der Waals surface area contributed by atoms with Gasteiger partial charge in [-0.05, 0) is 0 Å². The predicted octanol–water partition coefficient (Wildman–Crippen LogP) is -3.34. The van der Waals surface area contributed by atoms with E-state index in [-0.39, 0.29) is 59.6 Å². The van der Waals surface area contributed by atoms with E-state index >= 15 is 0 Å². The zero-order valence-corrected chi connectivity index (χ0v) is 9.33. The summed E-state index contributed by atoms with van der Waals surface area (Å²) in [4.78, 5) is 18.9. The van der Waals surface area contributed by atoms with Gasteiger partial charge < -0.3 is 11.6 Å². The van der Waals surface area contributed by atoms with Gasteiger partial charge in [-0.15, -0.1) is 0 Å². The quantitative estimate of drug-likeness (QED) is 0.447. The van der Waals surface area contributed by atoms with Crippen LogP contribution in [0.3, 0.4) is 0 Å². The number of rotatable bonds is 2. The standard InChI is InChI=1S/C3H4O4.Rb.H/c4-2(5)1-3(6)7;;/h1H2,(H,4,5)(H,6,7);;/q;+1;-1. The Morgan fingerprint density at radius 2 is 1.50 bits per heavy atom. The molecule has 0 spiro atoms. The largest absolute Gasteiger partial charge is 1.00 e. The van der Waals surface area contributed by atoms with E-state index in [1.807, 2.05) is 0 Å². The molecule has 0 aromatic rings. The van der Waals surface area contributed by atoms with Gasteiger partial charge in [0.2, 0.25) is 0 Å². The molecule has 2 N–H and O–H groups in total. The van der Waals surface area contributed by atoms with Crippen molar-refractivity contribution < 1.29 is 79.4 Å². The number of carboxylic acids is 2. The molecular formula is C3H5O4Rb. The van der Waals surface area contributed by atoms with E-state index in [1.165, 1.54) is 0 Å². The number of aliphatic carboxylic acids is 2. The molecule has 5 heteroatoms. The fourth-order valence-electron chi connectivity index (χ4n) is 0.129. The molecule has 0 rings (SSSR count). The minimum Gasteiger partial charge on any atom is -1.00 e. The van der Waals surface area contributed by atoms with Crippen molar-refractivity contribution in [2.24, 2.45) is 0 Å². The monoisotopic (exact) mass is 190 g/mol. The summed E-state index contributed by atoms with van der Waals surface area (Å²) in [5.74, 6) is -2.62. The molecule has 0 bridgehead atoms. The first-order valence-corrected chi connectivity index (χ1v) is 1.56. The Kier molecular flexibility index (Phi) is 8.47. The van der Waals surface area contributed by atoms with Gasteiger partial charge in [0, 0.05) is 0 Å². The van der Waals surface area contributed by atoms with Crippen LogP contribution in [0.15, 0.2) is 0 Å². The van der Waals surface area contributed by atoms with Crippen molar-refractivity contribution in [3.8, 4) is 0 Å². The van der Waals surface area contributed by atoms with Gasteiger partial charge in [-0.25, -0.2) is 0 Å². The molecule has 0 amide bonds. The third kappa shape index (κ3) is 9.89. The second-order valence-electron chi connectivity index (χ2n) is 0.964. The summed E-state index contributed by atoms with van der Waals surface area (Å²) in [6, 6.07) is 0. The fraction of sp³-hybridized carbons (Fsp3) is 0.333. The van der Waals surface area contributed by atoms with Crippen LogP contribution >= 0.6 is 0 Å². The van der Waals surface area contributed by atoms with Crippen molar-refractivity contribution >= 4 is 11.9 Å². The van der Waals surface area contributed by atoms with Gasteiger partial charge >= 0.3 is 70.1 Å². The second-order valence-corrected chi connectivity index (χ2v) is 0.964. The zero-order chi connectivity index (χ0) is 5.86. The average Bonchev–Trinajstić information content (AvgIpc) is 1.27. The maximum absolute atomic E-state index is 9.43. The van der Waals surface area contributed by atoms with Gasteiger partial charge in [-0.1, -0.05) is 0 Å². The Hall–Kier alpha value is 0.745. The molecule has 0 unspecified atom stereocenters. The van der Waals surface area contributed by atoms with E-state index in [0.29, 0.717) is 0 Å². The van der Waals surface area contributed by atoms with Crippen LogP contribution in [0.2, 0.25) is 0 Å². The fourth-order valence-corrected chi connectivity index (χ4v) is 0.129. The summed E-state index contributed by atoms with van der Waals surface area (Å²) in [6.45, 7) is 0. The molecule has 42 valence electrons. The van der Waals surface area contributed by atoms with E-state index in [9.17, 15) is 9.59 Å².